The van der Waals surface area contributed by atoms with Gasteiger partial charge in [-0.15, -0.1) is 0 Å². The van der Waals surface area contributed by atoms with Crippen LogP contribution in [0.1, 0.15) is 34.5 Å². The Kier molecular flexibility index (Phi) is 5.12. The number of benzene rings is 2. The van der Waals surface area contributed by atoms with E-state index >= 15 is 0 Å². The van der Waals surface area contributed by atoms with Gasteiger partial charge in [-0.05, 0) is 43.7 Å². The lowest BCUT2D eigenvalue weighted by molar-refractivity contribution is -0.121. The van der Waals surface area contributed by atoms with Gasteiger partial charge in [0.25, 0.3) is 5.91 Å². The van der Waals surface area contributed by atoms with E-state index in [1.165, 1.54) is 29.8 Å². The van der Waals surface area contributed by atoms with Crippen LogP contribution in [0.25, 0.3) is 10.9 Å². The number of fused-ring (bicyclic) bond motifs is 1. The van der Waals surface area contributed by atoms with Gasteiger partial charge in [0.05, 0.1) is 16.5 Å². The SMILES string of the molecule is CNC(=O)[C@@H](C)c1c(C)n(C(=O)c2ccc(Cl)c(F)c2)c2cc(F)c(O)cc12. The first kappa shape index (κ1) is 19.8. The van der Waals surface area contributed by atoms with Crippen molar-refractivity contribution < 1.29 is 23.5 Å². The number of halogens is 3. The number of phenolic OH excluding ortho intramolecular Hbond substituents is 1. The first-order chi connectivity index (χ1) is 13.2. The minimum absolute atomic E-state index is 0.00882. The largest absolute Gasteiger partial charge is 0.505 e. The predicted molar refractivity (Wildman–Crippen MR) is 102 cm³/mol. The molecule has 1 amide bonds. The van der Waals surface area contributed by atoms with E-state index in [4.69, 9.17) is 11.6 Å². The van der Waals surface area contributed by atoms with Crippen LogP contribution in [0.2, 0.25) is 5.02 Å². The monoisotopic (exact) mass is 406 g/mol. The zero-order valence-corrected chi connectivity index (χ0v) is 16.1. The summed E-state index contributed by atoms with van der Waals surface area (Å²) in [6.07, 6.45) is 0. The van der Waals surface area contributed by atoms with Crippen LogP contribution < -0.4 is 5.32 Å². The molecule has 1 atom stereocenters. The van der Waals surface area contributed by atoms with Crippen LogP contribution in [-0.4, -0.2) is 28.5 Å². The Bertz CT molecular complexity index is 1120. The highest BCUT2D eigenvalue weighted by Crippen LogP contribution is 2.36. The molecule has 0 bridgehead atoms. The second-order valence-electron chi connectivity index (χ2n) is 6.43. The minimum Gasteiger partial charge on any atom is -0.505 e. The molecule has 146 valence electrons. The summed E-state index contributed by atoms with van der Waals surface area (Å²) in [4.78, 5) is 25.3. The van der Waals surface area contributed by atoms with Gasteiger partial charge in [-0.25, -0.2) is 8.78 Å². The molecule has 0 radical (unpaired) electrons. The Morgan fingerprint density at radius 3 is 2.46 bits per heavy atom. The number of rotatable bonds is 3. The quantitative estimate of drug-likeness (QED) is 0.687. The number of hydrogen-bond acceptors (Lipinski definition) is 3. The van der Waals surface area contributed by atoms with E-state index in [2.05, 4.69) is 5.32 Å². The van der Waals surface area contributed by atoms with Crippen molar-refractivity contribution in [2.45, 2.75) is 19.8 Å². The fourth-order valence-corrected chi connectivity index (χ4v) is 3.48. The molecule has 0 fully saturated rings. The van der Waals surface area contributed by atoms with E-state index in [0.717, 1.165) is 12.1 Å². The second-order valence-corrected chi connectivity index (χ2v) is 6.83. The summed E-state index contributed by atoms with van der Waals surface area (Å²) in [6, 6.07) is 5.80. The van der Waals surface area contributed by atoms with Gasteiger partial charge in [-0.2, -0.15) is 0 Å². The van der Waals surface area contributed by atoms with Crippen molar-refractivity contribution in [2.24, 2.45) is 0 Å². The molecule has 8 heteroatoms. The average Bonchev–Trinajstić information content (AvgIpc) is 2.93. The molecule has 5 nitrogen and oxygen atoms in total. The molecule has 28 heavy (non-hydrogen) atoms. The van der Waals surface area contributed by atoms with Crippen LogP contribution >= 0.6 is 11.6 Å². The number of amides is 1. The number of phenols is 1. The van der Waals surface area contributed by atoms with Gasteiger partial charge in [-0.3, -0.25) is 14.2 Å². The molecule has 2 aromatic carbocycles. The van der Waals surface area contributed by atoms with Crippen LogP contribution in [0.5, 0.6) is 5.75 Å². The second kappa shape index (κ2) is 7.24. The van der Waals surface area contributed by atoms with Crippen LogP contribution in [0, 0.1) is 18.6 Å². The topological polar surface area (TPSA) is 71.3 Å². The Morgan fingerprint density at radius 1 is 1.18 bits per heavy atom. The molecule has 0 saturated carbocycles. The van der Waals surface area contributed by atoms with Gasteiger partial charge in [-0.1, -0.05) is 11.6 Å². The third-order valence-corrected chi connectivity index (χ3v) is 5.07. The molecular formula is C20H17ClF2N2O3. The Balaban J connectivity index is 2.31. The molecule has 3 aromatic rings. The number of hydrogen-bond donors (Lipinski definition) is 2. The third-order valence-electron chi connectivity index (χ3n) is 4.76. The number of likely N-dealkylation sites (N-methyl/N-ethyl adjacent to an activating group) is 1. The minimum atomic E-state index is -0.916. The van der Waals surface area contributed by atoms with Crippen molar-refractivity contribution in [1.29, 1.82) is 0 Å². The molecule has 1 aromatic heterocycles. The summed E-state index contributed by atoms with van der Waals surface area (Å²) >= 11 is 5.68. The highest BCUT2D eigenvalue weighted by molar-refractivity contribution is 6.30. The van der Waals surface area contributed by atoms with Gasteiger partial charge in [0.15, 0.2) is 11.6 Å². The molecule has 0 spiro atoms. The van der Waals surface area contributed by atoms with E-state index in [9.17, 15) is 23.5 Å². The van der Waals surface area contributed by atoms with Crippen molar-refractivity contribution in [1.82, 2.24) is 9.88 Å². The van der Waals surface area contributed by atoms with Crippen molar-refractivity contribution in [3.8, 4) is 5.75 Å². The standard InChI is InChI=1S/C20H17ClF2N2O3/c1-9(19(27)24-3)18-10(2)25(16-8-15(23)17(26)7-12(16)18)20(28)11-4-5-13(21)14(22)6-11/h4-9,26H,1-3H3,(H,24,27)/t9-/m0/s1. The number of aromatic nitrogens is 1. The number of nitrogens with one attached hydrogen (secondary N) is 1. The maximum Gasteiger partial charge on any atom is 0.262 e. The molecular weight excluding hydrogens is 390 g/mol. The summed E-state index contributed by atoms with van der Waals surface area (Å²) < 4.78 is 29.1. The van der Waals surface area contributed by atoms with Crippen molar-refractivity contribution in [3.63, 3.8) is 0 Å². The van der Waals surface area contributed by atoms with Crippen molar-refractivity contribution >= 4 is 34.3 Å². The van der Waals surface area contributed by atoms with Gasteiger partial charge >= 0.3 is 0 Å². The fraction of sp³-hybridized carbons (Fsp3) is 0.200. The zero-order chi connectivity index (χ0) is 20.7. The fourth-order valence-electron chi connectivity index (χ4n) is 3.36. The summed E-state index contributed by atoms with van der Waals surface area (Å²) in [5, 5.41) is 12.6. The molecule has 1 heterocycles. The molecule has 2 N–H and O–H groups in total. The molecule has 0 aliphatic carbocycles. The van der Waals surface area contributed by atoms with Crippen LogP contribution in [0.15, 0.2) is 30.3 Å². The van der Waals surface area contributed by atoms with Crippen LogP contribution in [0.3, 0.4) is 0 Å². The van der Waals surface area contributed by atoms with Gasteiger partial charge < -0.3 is 10.4 Å². The summed E-state index contributed by atoms with van der Waals surface area (Å²) in [7, 11) is 1.48. The van der Waals surface area contributed by atoms with Gasteiger partial charge in [0, 0.05) is 29.8 Å². The smallest absolute Gasteiger partial charge is 0.262 e. The maximum absolute atomic E-state index is 14.0. The van der Waals surface area contributed by atoms with E-state index in [-0.39, 0.29) is 22.0 Å². The third kappa shape index (κ3) is 3.11. The molecule has 0 unspecified atom stereocenters. The van der Waals surface area contributed by atoms with Crippen molar-refractivity contribution in [3.05, 3.63) is 63.8 Å². The highest BCUT2D eigenvalue weighted by Gasteiger charge is 2.27. The van der Waals surface area contributed by atoms with Crippen LogP contribution in [0.4, 0.5) is 8.78 Å². The molecule has 3 rings (SSSR count). The lowest BCUT2D eigenvalue weighted by Crippen LogP contribution is -2.24. The number of aromatic hydroxyl groups is 1. The Labute approximate surface area is 164 Å². The van der Waals surface area contributed by atoms with E-state index in [1.54, 1.807) is 13.8 Å². The van der Waals surface area contributed by atoms with E-state index in [1.807, 2.05) is 0 Å². The van der Waals surface area contributed by atoms with Gasteiger partial charge in [0.2, 0.25) is 5.91 Å². The van der Waals surface area contributed by atoms with Crippen LogP contribution in [-0.2, 0) is 4.79 Å². The molecule has 0 aliphatic rings. The molecule has 0 aliphatic heterocycles. The first-order valence-electron chi connectivity index (χ1n) is 8.42. The number of carbonyl (C=O) groups is 2. The number of nitrogens with zero attached hydrogens (tertiary/aromatic N) is 1. The van der Waals surface area contributed by atoms with Crippen molar-refractivity contribution in [2.75, 3.05) is 7.05 Å². The highest BCUT2D eigenvalue weighted by atomic mass is 35.5. The lowest BCUT2D eigenvalue weighted by atomic mass is 9.97. The maximum atomic E-state index is 14.0. The normalized spacial score (nSPS) is 12.2. The predicted octanol–water partition coefficient (Wildman–Crippen LogP) is 4.12. The Hall–Kier alpha value is -2.93. The molecule has 0 saturated heterocycles. The first-order valence-corrected chi connectivity index (χ1v) is 8.80. The summed E-state index contributed by atoms with van der Waals surface area (Å²) in [5.41, 5.74) is 1.03. The average molecular weight is 407 g/mol. The summed E-state index contributed by atoms with van der Waals surface area (Å²) in [6.45, 7) is 3.24. The van der Waals surface area contributed by atoms with E-state index < -0.39 is 29.2 Å². The lowest BCUT2D eigenvalue weighted by Gasteiger charge is -2.12. The van der Waals surface area contributed by atoms with E-state index in [0.29, 0.717) is 16.6 Å². The Morgan fingerprint density at radius 2 is 1.86 bits per heavy atom. The summed E-state index contributed by atoms with van der Waals surface area (Å²) in [5.74, 6) is -3.87. The zero-order valence-electron chi connectivity index (χ0n) is 15.3. The number of carbonyl (C=O) groups excluding carboxylic acids is 2. The van der Waals surface area contributed by atoms with Gasteiger partial charge in [0.1, 0.15) is 5.82 Å².